The normalized spacial score (nSPS) is 17.7. The van der Waals surface area contributed by atoms with E-state index in [1.807, 2.05) is 30.3 Å². The van der Waals surface area contributed by atoms with Gasteiger partial charge in [0.2, 0.25) is 0 Å². The van der Waals surface area contributed by atoms with E-state index < -0.39 is 0 Å². The number of pyridine rings is 1. The summed E-state index contributed by atoms with van der Waals surface area (Å²) in [5, 5.41) is 4.01. The summed E-state index contributed by atoms with van der Waals surface area (Å²) in [5.41, 5.74) is 1.65. The number of para-hydroxylation sites is 1. The van der Waals surface area contributed by atoms with Crippen LogP contribution in [0.2, 0.25) is 0 Å². The minimum absolute atomic E-state index is 0.0148. The van der Waals surface area contributed by atoms with E-state index in [0.717, 1.165) is 61.2 Å². The van der Waals surface area contributed by atoms with E-state index in [0.29, 0.717) is 5.92 Å². The van der Waals surface area contributed by atoms with Crippen LogP contribution in [0.1, 0.15) is 56.3 Å². The predicted octanol–water partition coefficient (Wildman–Crippen LogP) is 4.39. The van der Waals surface area contributed by atoms with E-state index in [9.17, 15) is 4.79 Å². The van der Waals surface area contributed by atoms with Crippen LogP contribution in [0.25, 0.3) is 10.9 Å². The lowest BCUT2D eigenvalue weighted by molar-refractivity contribution is 0.0954. The molecule has 1 aromatic carbocycles. The van der Waals surface area contributed by atoms with Crippen LogP contribution in [0, 0.1) is 5.92 Å². The Bertz CT molecular complexity index is 728. The lowest BCUT2D eigenvalue weighted by Gasteiger charge is -2.32. The van der Waals surface area contributed by atoms with E-state index >= 15 is 0 Å². The third-order valence-corrected chi connectivity index (χ3v) is 4.99. The molecule has 4 nitrogen and oxygen atoms in total. The number of benzene rings is 1. The highest BCUT2D eigenvalue weighted by Gasteiger charge is 2.20. The summed E-state index contributed by atoms with van der Waals surface area (Å²) in [5.74, 6) is 1.62. The van der Waals surface area contributed by atoms with E-state index in [2.05, 4.69) is 24.1 Å². The van der Waals surface area contributed by atoms with Crippen molar-refractivity contribution in [3.05, 3.63) is 35.9 Å². The molecule has 0 saturated carbocycles. The van der Waals surface area contributed by atoms with E-state index in [1.54, 1.807) is 0 Å². The van der Waals surface area contributed by atoms with Crippen LogP contribution in [0.4, 0.5) is 5.82 Å². The maximum Gasteiger partial charge on any atom is 0.252 e. The highest BCUT2D eigenvalue weighted by molar-refractivity contribution is 6.07. The van der Waals surface area contributed by atoms with Crippen molar-refractivity contribution in [2.45, 2.75) is 46.0 Å². The SMILES string of the molecule is CCCCCNC(=O)c1cc(N2CCCC(C)C2)nc2ccccc12. The number of rotatable bonds is 6. The maximum atomic E-state index is 12.8. The molecule has 1 unspecified atom stereocenters. The molecular weight excluding hydrogens is 310 g/mol. The van der Waals surface area contributed by atoms with Gasteiger partial charge in [-0.2, -0.15) is 0 Å². The molecule has 0 bridgehead atoms. The predicted molar refractivity (Wildman–Crippen MR) is 104 cm³/mol. The van der Waals surface area contributed by atoms with Crippen LogP contribution in [0.15, 0.2) is 30.3 Å². The van der Waals surface area contributed by atoms with Crippen molar-refractivity contribution in [2.24, 2.45) is 5.92 Å². The smallest absolute Gasteiger partial charge is 0.252 e. The average molecular weight is 339 g/mol. The Labute approximate surface area is 150 Å². The molecule has 2 heterocycles. The van der Waals surface area contributed by atoms with Crippen LogP contribution in [0.3, 0.4) is 0 Å². The zero-order chi connectivity index (χ0) is 17.6. The quantitative estimate of drug-likeness (QED) is 0.794. The zero-order valence-corrected chi connectivity index (χ0v) is 15.4. The van der Waals surface area contributed by atoms with Crippen molar-refractivity contribution in [3.63, 3.8) is 0 Å². The summed E-state index contributed by atoms with van der Waals surface area (Å²) >= 11 is 0. The Hall–Kier alpha value is -2.10. The fourth-order valence-corrected chi connectivity index (χ4v) is 3.58. The molecule has 0 aliphatic carbocycles. The van der Waals surface area contributed by atoms with Crippen molar-refractivity contribution < 1.29 is 4.79 Å². The zero-order valence-electron chi connectivity index (χ0n) is 15.4. The van der Waals surface area contributed by atoms with Gasteiger partial charge in [0.1, 0.15) is 5.82 Å². The van der Waals surface area contributed by atoms with Gasteiger partial charge in [0.05, 0.1) is 11.1 Å². The molecule has 1 aliphatic rings. The molecule has 2 aromatic rings. The number of anilines is 1. The first-order valence-corrected chi connectivity index (χ1v) is 9.62. The van der Waals surface area contributed by atoms with Gasteiger partial charge in [0, 0.05) is 25.0 Å². The summed E-state index contributed by atoms with van der Waals surface area (Å²) in [6.07, 6.45) is 5.80. The van der Waals surface area contributed by atoms with E-state index in [4.69, 9.17) is 4.98 Å². The molecule has 1 N–H and O–H groups in total. The molecule has 1 amide bonds. The van der Waals surface area contributed by atoms with Crippen molar-refractivity contribution in [2.75, 3.05) is 24.5 Å². The second kappa shape index (κ2) is 8.32. The number of carbonyl (C=O) groups is 1. The number of unbranched alkanes of at least 4 members (excludes halogenated alkanes) is 2. The number of piperidine rings is 1. The lowest BCUT2D eigenvalue weighted by atomic mass is 10.00. The molecule has 0 spiro atoms. The number of amides is 1. The maximum absolute atomic E-state index is 12.8. The standard InChI is InChI=1S/C21H29N3O/c1-3-4-7-12-22-21(25)18-14-20(24-13-8-9-16(2)15-24)23-19-11-6-5-10-17(18)19/h5-6,10-11,14,16H,3-4,7-9,12-13,15H2,1-2H3,(H,22,25). The summed E-state index contributed by atoms with van der Waals surface area (Å²) in [6, 6.07) is 9.93. The van der Waals surface area contributed by atoms with Gasteiger partial charge in [-0.15, -0.1) is 0 Å². The third-order valence-electron chi connectivity index (χ3n) is 4.99. The number of carbonyl (C=O) groups excluding carboxylic acids is 1. The van der Waals surface area contributed by atoms with E-state index in [1.165, 1.54) is 12.8 Å². The van der Waals surface area contributed by atoms with Gasteiger partial charge in [0.25, 0.3) is 5.91 Å². The van der Waals surface area contributed by atoms with Gasteiger partial charge in [-0.1, -0.05) is 44.9 Å². The molecule has 1 aliphatic heterocycles. The summed E-state index contributed by atoms with van der Waals surface area (Å²) < 4.78 is 0. The highest BCUT2D eigenvalue weighted by Crippen LogP contribution is 2.26. The van der Waals surface area contributed by atoms with Crippen LogP contribution in [0.5, 0.6) is 0 Å². The van der Waals surface area contributed by atoms with Crippen molar-refractivity contribution in [1.29, 1.82) is 0 Å². The average Bonchev–Trinajstić information content (AvgIpc) is 2.64. The largest absolute Gasteiger partial charge is 0.356 e. The Morgan fingerprint density at radius 3 is 2.96 bits per heavy atom. The van der Waals surface area contributed by atoms with E-state index in [-0.39, 0.29) is 5.91 Å². The van der Waals surface area contributed by atoms with Crippen LogP contribution in [-0.4, -0.2) is 30.5 Å². The molecule has 4 heteroatoms. The Kier molecular flexibility index (Phi) is 5.90. The van der Waals surface area contributed by atoms with Gasteiger partial charge in [0.15, 0.2) is 0 Å². The topological polar surface area (TPSA) is 45.2 Å². The Morgan fingerprint density at radius 2 is 2.16 bits per heavy atom. The Balaban J connectivity index is 1.88. The van der Waals surface area contributed by atoms with Crippen LogP contribution < -0.4 is 10.2 Å². The minimum atomic E-state index is 0.0148. The first kappa shape index (κ1) is 17.7. The number of fused-ring (bicyclic) bond motifs is 1. The summed E-state index contributed by atoms with van der Waals surface area (Å²) in [4.78, 5) is 19.9. The van der Waals surface area contributed by atoms with Gasteiger partial charge in [-0.05, 0) is 37.3 Å². The fourth-order valence-electron chi connectivity index (χ4n) is 3.58. The van der Waals surface area contributed by atoms with Crippen LogP contribution in [-0.2, 0) is 0 Å². The monoisotopic (exact) mass is 339 g/mol. The second-order valence-corrected chi connectivity index (χ2v) is 7.20. The highest BCUT2D eigenvalue weighted by atomic mass is 16.1. The van der Waals surface area contributed by atoms with Gasteiger partial charge in [-0.25, -0.2) is 4.98 Å². The molecule has 134 valence electrons. The van der Waals surface area contributed by atoms with Crippen molar-refractivity contribution >= 4 is 22.6 Å². The number of nitrogens with zero attached hydrogens (tertiary/aromatic N) is 2. The summed E-state index contributed by atoms with van der Waals surface area (Å²) in [7, 11) is 0. The molecule has 3 rings (SSSR count). The lowest BCUT2D eigenvalue weighted by Crippen LogP contribution is -2.35. The number of hydrogen-bond donors (Lipinski definition) is 1. The summed E-state index contributed by atoms with van der Waals surface area (Å²) in [6.45, 7) is 7.23. The minimum Gasteiger partial charge on any atom is -0.356 e. The number of hydrogen-bond acceptors (Lipinski definition) is 3. The molecule has 1 aromatic heterocycles. The first-order valence-electron chi connectivity index (χ1n) is 9.62. The molecule has 25 heavy (non-hydrogen) atoms. The molecule has 1 fully saturated rings. The third kappa shape index (κ3) is 4.30. The second-order valence-electron chi connectivity index (χ2n) is 7.20. The number of nitrogens with one attached hydrogen (secondary N) is 1. The van der Waals surface area contributed by atoms with Gasteiger partial charge in [-0.3, -0.25) is 4.79 Å². The molecule has 0 radical (unpaired) electrons. The first-order chi connectivity index (χ1) is 12.2. The molecular formula is C21H29N3O. The Morgan fingerprint density at radius 1 is 1.32 bits per heavy atom. The van der Waals surface area contributed by atoms with Gasteiger partial charge < -0.3 is 10.2 Å². The number of aromatic nitrogens is 1. The molecule has 1 atom stereocenters. The van der Waals surface area contributed by atoms with Crippen molar-refractivity contribution in [1.82, 2.24) is 10.3 Å². The van der Waals surface area contributed by atoms with Gasteiger partial charge >= 0.3 is 0 Å². The van der Waals surface area contributed by atoms with Crippen molar-refractivity contribution in [3.8, 4) is 0 Å². The fraction of sp³-hybridized carbons (Fsp3) is 0.524. The molecule has 1 saturated heterocycles. The van der Waals surface area contributed by atoms with Crippen LogP contribution >= 0.6 is 0 Å².